The van der Waals surface area contributed by atoms with Gasteiger partial charge in [-0.25, -0.2) is 8.78 Å². The van der Waals surface area contributed by atoms with Gasteiger partial charge in [0.1, 0.15) is 24.0 Å². The molecule has 2 N–H and O–H groups in total. The SMILES string of the molecule is Nc1cccc(OCCS(=O)c2cc(F)ccc2F)c1. The smallest absolute Gasteiger partial charge is 0.139 e. The van der Waals surface area contributed by atoms with Crippen LogP contribution in [-0.4, -0.2) is 16.6 Å². The van der Waals surface area contributed by atoms with Crippen LogP contribution in [0.3, 0.4) is 0 Å². The normalized spacial score (nSPS) is 12.1. The van der Waals surface area contributed by atoms with Crippen LogP contribution in [0.5, 0.6) is 5.75 Å². The number of benzene rings is 2. The van der Waals surface area contributed by atoms with Gasteiger partial charge in [-0.05, 0) is 30.3 Å². The van der Waals surface area contributed by atoms with Crippen molar-refractivity contribution in [2.45, 2.75) is 4.90 Å². The second-order valence-electron chi connectivity index (χ2n) is 4.05. The molecule has 2 aromatic carbocycles. The second-order valence-corrected chi connectivity index (χ2v) is 5.58. The molecule has 3 nitrogen and oxygen atoms in total. The highest BCUT2D eigenvalue weighted by atomic mass is 32.2. The predicted octanol–water partition coefficient (Wildman–Crippen LogP) is 2.73. The highest BCUT2D eigenvalue weighted by Gasteiger charge is 2.11. The van der Waals surface area contributed by atoms with Crippen LogP contribution in [0.4, 0.5) is 14.5 Å². The van der Waals surface area contributed by atoms with Gasteiger partial charge in [0, 0.05) is 11.8 Å². The maximum absolute atomic E-state index is 13.4. The Kier molecular flexibility index (Phi) is 4.68. The molecule has 106 valence electrons. The van der Waals surface area contributed by atoms with Crippen molar-refractivity contribution in [2.24, 2.45) is 0 Å². The molecule has 20 heavy (non-hydrogen) atoms. The molecule has 0 saturated carbocycles. The van der Waals surface area contributed by atoms with E-state index in [9.17, 15) is 13.0 Å². The highest BCUT2D eigenvalue weighted by Crippen LogP contribution is 2.16. The molecule has 6 heteroatoms. The van der Waals surface area contributed by atoms with Crippen molar-refractivity contribution < 1.29 is 17.7 Å². The molecule has 0 saturated heterocycles. The summed E-state index contributed by atoms with van der Waals surface area (Å²) in [6, 6.07) is 9.67. The summed E-state index contributed by atoms with van der Waals surface area (Å²) in [5, 5.41) is 0. The Bertz CT molecular complexity index is 634. The Hall–Kier alpha value is -1.95. The van der Waals surface area contributed by atoms with E-state index in [1.807, 2.05) is 0 Å². The Morgan fingerprint density at radius 2 is 1.95 bits per heavy atom. The molecule has 2 rings (SSSR count). The van der Waals surface area contributed by atoms with Gasteiger partial charge in [-0.3, -0.25) is 4.21 Å². The lowest BCUT2D eigenvalue weighted by atomic mass is 10.3. The molecule has 0 amide bonds. The summed E-state index contributed by atoms with van der Waals surface area (Å²) in [5.41, 5.74) is 6.14. The van der Waals surface area contributed by atoms with Crippen molar-refractivity contribution in [3.8, 4) is 5.75 Å². The van der Waals surface area contributed by atoms with Crippen LogP contribution >= 0.6 is 0 Å². The topological polar surface area (TPSA) is 52.3 Å². The van der Waals surface area contributed by atoms with E-state index >= 15 is 0 Å². The van der Waals surface area contributed by atoms with Crippen LogP contribution in [0.15, 0.2) is 47.4 Å². The summed E-state index contributed by atoms with van der Waals surface area (Å²) >= 11 is 0. The molecule has 1 unspecified atom stereocenters. The first-order valence-corrected chi connectivity index (χ1v) is 7.20. The van der Waals surface area contributed by atoms with E-state index in [0.29, 0.717) is 11.4 Å². The molecule has 0 heterocycles. The molecule has 1 atom stereocenters. The summed E-state index contributed by atoms with van der Waals surface area (Å²) in [4.78, 5) is -0.152. The molecule has 0 spiro atoms. The molecular weight excluding hydrogens is 284 g/mol. The Balaban J connectivity index is 1.94. The predicted molar refractivity (Wildman–Crippen MR) is 74.0 cm³/mol. The fourth-order valence-corrected chi connectivity index (χ4v) is 2.59. The largest absolute Gasteiger partial charge is 0.493 e. The first kappa shape index (κ1) is 14.5. The highest BCUT2D eigenvalue weighted by molar-refractivity contribution is 7.85. The zero-order valence-corrected chi connectivity index (χ0v) is 11.3. The van der Waals surface area contributed by atoms with Crippen molar-refractivity contribution in [3.05, 3.63) is 54.1 Å². The van der Waals surface area contributed by atoms with E-state index in [-0.39, 0.29) is 17.3 Å². The average Bonchev–Trinajstić information content (AvgIpc) is 2.41. The number of nitrogens with two attached hydrogens (primary N) is 1. The van der Waals surface area contributed by atoms with Crippen molar-refractivity contribution in [3.63, 3.8) is 0 Å². The van der Waals surface area contributed by atoms with E-state index in [1.54, 1.807) is 24.3 Å². The number of rotatable bonds is 5. The Labute approximate surface area is 117 Å². The van der Waals surface area contributed by atoms with Crippen LogP contribution < -0.4 is 10.5 Å². The van der Waals surface area contributed by atoms with Gasteiger partial charge in [0.05, 0.1) is 21.4 Å². The van der Waals surface area contributed by atoms with Gasteiger partial charge in [-0.2, -0.15) is 0 Å². The fraction of sp³-hybridized carbons (Fsp3) is 0.143. The van der Waals surface area contributed by atoms with Gasteiger partial charge in [-0.1, -0.05) is 6.07 Å². The Morgan fingerprint density at radius 1 is 1.15 bits per heavy atom. The first-order chi connectivity index (χ1) is 9.56. The Morgan fingerprint density at radius 3 is 2.70 bits per heavy atom. The molecule has 0 fully saturated rings. The third-order valence-corrected chi connectivity index (χ3v) is 3.87. The molecule has 0 aliphatic carbocycles. The minimum atomic E-state index is -1.66. The molecule has 0 aliphatic heterocycles. The van der Waals surface area contributed by atoms with Gasteiger partial charge in [0.2, 0.25) is 0 Å². The molecule has 0 radical (unpaired) electrons. The number of hydrogen-bond acceptors (Lipinski definition) is 3. The van der Waals surface area contributed by atoms with E-state index < -0.39 is 22.4 Å². The third kappa shape index (κ3) is 3.77. The maximum Gasteiger partial charge on any atom is 0.139 e. The number of anilines is 1. The molecular formula is C14H13F2NO2S. The van der Waals surface area contributed by atoms with Gasteiger partial charge in [-0.15, -0.1) is 0 Å². The van der Waals surface area contributed by atoms with Gasteiger partial charge in [0.15, 0.2) is 0 Å². The summed E-state index contributed by atoms with van der Waals surface area (Å²) in [6.45, 7) is 0.117. The lowest BCUT2D eigenvalue weighted by Crippen LogP contribution is -2.10. The van der Waals surface area contributed by atoms with Crippen LogP contribution in [0.25, 0.3) is 0 Å². The lowest BCUT2D eigenvalue weighted by molar-refractivity contribution is 0.342. The minimum absolute atomic E-state index is 0.0647. The van der Waals surface area contributed by atoms with Crippen LogP contribution in [0, 0.1) is 11.6 Å². The minimum Gasteiger partial charge on any atom is -0.493 e. The van der Waals surface area contributed by atoms with Gasteiger partial charge >= 0.3 is 0 Å². The van der Waals surface area contributed by atoms with Crippen LogP contribution in [-0.2, 0) is 10.8 Å². The van der Waals surface area contributed by atoms with Crippen LogP contribution in [0.2, 0.25) is 0 Å². The van der Waals surface area contributed by atoms with Crippen molar-refractivity contribution in [1.29, 1.82) is 0 Å². The zero-order valence-electron chi connectivity index (χ0n) is 10.5. The molecule has 2 aromatic rings. The monoisotopic (exact) mass is 297 g/mol. The standard InChI is InChI=1S/C14H13F2NO2S/c15-10-4-5-13(16)14(8-10)20(18)7-6-19-12-3-1-2-11(17)9-12/h1-5,8-9H,6-7,17H2. The van der Waals surface area contributed by atoms with Crippen molar-refractivity contribution >= 4 is 16.5 Å². The molecule has 0 aromatic heterocycles. The summed E-state index contributed by atoms with van der Waals surface area (Å²) in [6.07, 6.45) is 0. The second kappa shape index (κ2) is 6.47. The van der Waals surface area contributed by atoms with Gasteiger partial charge < -0.3 is 10.5 Å². The number of ether oxygens (including phenoxy) is 1. The van der Waals surface area contributed by atoms with E-state index in [0.717, 1.165) is 18.2 Å². The van der Waals surface area contributed by atoms with E-state index in [1.165, 1.54) is 0 Å². The van der Waals surface area contributed by atoms with Crippen LogP contribution in [0.1, 0.15) is 0 Å². The number of nitrogen functional groups attached to an aromatic ring is 1. The lowest BCUT2D eigenvalue weighted by Gasteiger charge is -2.07. The molecule has 0 aliphatic rings. The molecule has 0 bridgehead atoms. The quantitative estimate of drug-likeness (QED) is 0.863. The first-order valence-electron chi connectivity index (χ1n) is 5.88. The van der Waals surface area contributed by atoms with E-state index in [4.69, 9.17) is 10.5 Å². The maximum atomic E-state index is 13.4. The average molecular weight is 297 g/mol. The number of halogens is 2. The third-order valence-electron chi connectivity index (χ3n) is 2.53. The van der Waals surface area contributed by atoms with E-state index in [2.05, 4.69) is 0 Å². The fourth-order valence-electron chi connectivity index (χ4n) is 1.60. The summed E-state index contributed by atoms with van der Waals surface area (Å²) in [5.74, 6) is -0.697. The van der Waals surface area contributed by atoms with Crippen molar-refractivity contribution in [2.75, 3.05) is 18.1 Å². The van der Waals surface area contributed by atoms with Gasteiger partial charge in [0.25, 0.3) is 0 Å². The number of hydrogen-bond donors (Lipinski definition) is 1. The summed E-state index contributed by atoms with van der Waals surface area (Å²) < 4.78 is 43.6. The zero-order chi connectivity index (χ0) is 14.5. The summed E-state index contributed by atoms with van der Waals surface area (Å²) in [7, 11) is -1.66. The van der Waals surface area contributed by atoms with Crippen molar-refractivity contribution in [1.82, 2.24) is 0 Å².